The van der Waals surface area contributed by atoms with E-state index < -0.39 is 0 Å². The van der Waals surface area contributed by atoms with E-state index in [1.54, 1.807) is 18.5 Å². The van der Waals surface area contributed by atoms with Crippen LogP contribution in [0.4, 0.5) is 5.69 Å². The average molecular weight is 299 g/mol. The molecule has 0 unspecified atom stereocenters. The number of dihydropyridines is 1. The van der Waals surface area contributed by atoms with Gasteiger partial charge in [-0.05, 0) is 18.2 Å². The Morgan fingerprint density at radius 2 is 2.24 bits per heavy atom. The minimum absolute atomic E-state index is 0.214. The summed E-state index contributed by atoms with van der Waals surface area (Å²) >= 11 is 6.02. The molecule has 3 aliphatic rings. The molecule has 0 spiro atoms. The van der Waals surface area contributed by atoms with Crippen LogP contribution in [0, 0.1) is 0 Å². The van der Waals surface area contributed by atoms with Crippen molar-refractivity contribution in [3.63, 3.8) is 0 Å². The Bertz CT molecular complexity index is 823. The van der Waals surface area contributed by atoms with Crippen LogP contribution in [0.3, 0.4) is 0 Å². The maximum Gasteiger partial charge on any atom is 0.270 e. The van der Waals surface area contributed by atoms with E-state index in [-0.39, 0.29) is 5.56 Å². The normalized spacial score (nSPS) is 22.0. The van der Waals surface area contributed by atoms with E-state index in [4.69, 9.17) is 11.6 Å². The van der Waals surface area contributed by atoms with Gasteiger partial charge in [0.2, 0.25) is 0 Å². The molecule has 3 aliphatic heterocycles. The Morgan fingerprint density at radius 1 is 1.33 bits per heavy atom. The number of halogens is 1. The first-order valence-corrected chi connectivity index (χ1v) is 7.00. The van der Waals surface area contributed by atoms with Crippen molar-refractivity contribution in [3.8, 4) is 0 Å². The van der Waals surface area contributed by atoms with Crippen molar-refractivity contribution < 1.29 is 0 Å². The molecule has 5 nitrogen and oxygen atoms in total. The highest BCUT2D eigenvalue weighted by Gasteiger charge is 2.29. The molecule has 0 radical (unpaired) electrons. The lowest BCUT2D eigenvalue weighted by Crippen LogP contribution is -2.24. The van der Waals surface area contributed by atoms with Crippen LogP contribution in [0.15, 0.2) is 56.8 Å². The van der Waals surface area contributed by atoms with Crippen LogP contribution < -0.4 is 15.8 Å². The third-order valence-electron chi connectivity index (χ3n) is 3.65. The van der Waals surface area contributed by atoms with Gasteiger partial charge < -0.3 is 10.2 Å². The van der Waals surface area contributed by atoms with Crippen molar-refractivity contribution in [3.05, 3.63) is 68.6 Å². The molecule has 104 valence electrons. The minimum atomic E-state index is -0.214. The molecule has 1 N–H and O–H groups in total. The zero-order valence-corrected chi connectivity index (χ0v) is 11.8. The summed E-state index contributed by atoms with van der Waals surface area (Å²) < 4.78 is 0. The summed E-state index contributed by atoms with van der Waals surface area (Å²) in [6.45, 7) is 0.766. The molecule has 21 heavy (non-hydrogen) atoms. The predicted octanol–water partition coefficient (Wildman–Crippen LogP) is 1.65. The predicted molar refractivity (Wildman–Crippen MR) is 82.4 cm³/mol. The molecule has 1 aromatic heterocycles. The van der Waals surface area contributed by atoms with Gasteiger partial charge in [-0.3, -0.25) is 4.79 Å². The Hall–Kier alpha value is -2.40. The van der Waals surface area contributed by atoms with Gasteiger partial charge in [0.15, 0.2) is 0 Å². The Labute approximate surface area is 126 Å². The second-order valence-electron chi connectivity index (χ2n) is 4.94. The zero-order chi connectivity index (χ0) is 14.4. The Balaban J connectivity index is 1.94. The van der Waals surface area contributed by atoms with Crippen molar-refractivity contribution in [1.82, 2.24) is 10.3 Å². The van der Waals surface area contributed by atoms with Crippen LogP contribution in [0.1, 0.15) is 11.3 Å². The maximum absolute atomic E-state index is 11.6. The molecule has 0 bridgehead atoms. The summed E-state index contributed by atoms with van der Waals surface area (Å²) in [4.78, 5) is 22.4. The first-order valence-electron chi connectivity index (χ1n) is 6.63. The third kappa shape index (κ3) is 1.97. The van der Waals surface area contributed by atoms with Gasteiger partial charge in [0.25, 0.3) is 5.56 Å². The van der Waals surface area contributed by atoms with E-state index in [0.29, 0.717) is 5.16 Å². The van der Waals surface area contributed by atoms with Crippen LogP contribution >= 0.6 is 11.6 Å². The molecule has 6 heteroatoms. The number of nitrogens with zero attached hydrogens (tertiary/aromatic N) is 3. The van der Waals surface area contributed by atoms with E-state index >= 15 is 0 Å². The molecule has 0 saturated heterocycles. The maximum atomic E-state index is 11.6. The van der Waals surface area contributed by atoms with Crippen molar-refractivity contribution in [2.45, 2.75) is 6.42 Å². The highest BCUT2D eigenvalue weighted by Crippen LogP contribution is 2.36. The van der Waals surface area contributed by atoms with E-state index in [9.17, 15) is 4.79 Å². The lowest BCUT2D eigenvalue weighted by molar-refractivity contribution is 0.908. The van der Waals surface area contributed by atoms with E-state index in [1.165, 1.54) is 6.07 Å². The first-order chi connectivity index (χ1) is 10.2. The van der Waals surface area contributed by atoms with Crippen LogP contribution in [-0.4, -0.2) is 17.7 Å². The molecular formula is C15H11ClN4O. The smallest absolute Gasteiger partial charge is 0.270 e. The number of hydrogen-bond donors (Lipinski definition) is 1. The highest BCUT2D eigenvalue weighted by molar-refractivity contribution is 6.29. The molecule has 0 atom stereocenters. The number of aromatic nitrogens is 1. The van der Waals surface area contributed by atoms with Crippen molar-refractivity contribution in [1.29, 1.82) is 0 Å². The quantitative estimate of drug-likeness (QED) is 0.740. The van der Waals surface area contributed by atoms with Crippen LogP contribution in [0.5, 0.6) is 0 Å². The first kappa shape index (κ1) is 12.3. The van der Waals surface area contributed by atoms with E-state index in [1.807, 2.05) is 12.2 Å². The Morgan fingerprint density at radius 3 is 3.10 bits per heavy atom. The molecule has 0 aromatic carbocycles. The largest absolute Gasteiger partial charge is 0.352 e. The summed E-state index contributed by atoms with van der Waals surface area (Å²) in [7, 11) is 0. The van der Waals surface area contributed by atoms with Crippen LogP contribution in [0.25, 0.3) is 0 Å². The Kier molecular flexibility index (Phi) is 2.68. The molecule has 4 rings (SSSR count). The van der Waals surface area contributed by atoms with Gasteiger partial charge in [-0.2, -0.15) is 0 Å². The second kappa shape index (κ2) is 4.56. The second-order valence-corrected chi connectivity index (χ2v) is 5.35. The number of anilines is 1. The number of aliphatic imine (C=N–C) groups is 1. The summed E-state index contributed by atoms with van der Waals surface area (Å²) in [5.74, 6) is 0.831. The number of rotatable bonds is 0. The lowest BCUT2D eigenvalue weighted by atomic mass is 10.1. The highest BCUT2D eigenvalue weighted by atomic mass is 35.5. The fourth-order valence-corrected chi connectivity index (χ4v) is 2.95. The summed E-state index contributed by atoms with van der Waals surface area (Å²) in [5.41, 5.74) is 3.45. The van der Waals surface area contributed by atoms with E-state index in [2.05, 4.69) is 20.2 Å². The summed E-state index contributed by atoms with van der Waals surface area (Å²) in [5, 5.41) is 3.47. The summed E-state index contributed by atoms with van der Waals surface area (Å²) in [6.07, 6.45) is 8.07. The zero-order valence-electron chi connectivity index (χ0n) is 11.0. The van der Waals surface area contributed by atoms with Gasteiger partial charge in [0.1, 0.15) is 11.0 Å². The van der Waals surface area contributed by atoms with Gasteiger partial charge in [-0.1, -0.05) is 11.6 Å². The van der Waals surface area contributed by atoms with Crippen molar-refractivity contribution in [2.24, 2.45) is 4.99 Å². The number of hydrogen-bond acceptors (Lipinski definition) is 5. The van der Waals surface area contributed by atoms with Crippen molar-refractivity contribution >= 4 is 23.5 Å². The monoisotopic (exact) mass is 298 g/mol. The van der Waals surface area contributed by atoms with Gasteiger partial charge in [-0.25, -0.2) is 9.98 Å². The molecule has 0 fully saturated rings. The van der Waals surface area contributed by atoms with Gasteiger partial charge in [0.05, 0.1) is 11.4 Å². The standard InChI is InChI=1S/C15H11ClN4O/c16-12-7-9(3-5-17-12)15-18-8-10-1-2-13(21)19-11-4-6-20(15)14(10)11/h1-3,5,7-8,17H,4,6H2. The fourth-order valence-electron chi connectivity index (χ4n) is 2.77. The lowest BCUT2D eigenvalue weighted by Gasteiger charge is -2.25. The van der Waals surface area contributed by atoms with Gasteiger partial charge in [0, 0.05) is 42.6 Å². The van der Waals surface area contributed by atoms with Crippen molar-refractivity contribution in [2.75, 3.05) is 11.4 Å². The SMILES string of the molecule is O=c1ccc2c3c(n1)CCN3C(=C1C=CNC(Cl)=C1)N=C2. The molecule has 0 aliphatic carbocycles. The van der Waals surface area contributed by atoms with Crippen LogP contribution in [-0.2, 0) is 6.42 Å². The molecule has 0 saturated carbocycles. The number of nitrogens with one attached hydrogen (secondary N) is 1. The van der Waals surface area contributed by atoms with E-state index in [0.717, 1.165) is 41.3 Å². The topological polar surface area (TPSA) is 57.6 Å². The van der Waals surface area contributed by atoms with Gasteiger partial charge >= 0.3 is 0 Å². The minimum Gasteiger partial charge on any atom is -0.352 e. The molecule has 4 heterocycles. The molecule has 0 amide bonds. The van der Waals surface area contributed by atoms with Gasteiger partial charge in [-0.15, -0.1) is 0 Å². The molecular weight excluding hydrogens is 288 g/mol. The average Bonchev–Trinajstić information content (AvgIpc) is 2.81. The fraction of sp³-hybridized carbons (Fsp3) is 0.133. The summed E-state index contributed by atoms with van der Waals surface area (Å²) in [6, 6.07) is 3.26. The molecule has 1 aromatic rings. The van der Waals surface area contributed by atoms with Crippen LogP contribution in [0.2, 0.25) is 0 Å². The number of allylic oxidation sites excluding steroid dienone is 3. The third-order valence-corrected chi connectivity index (χ3v) is 3.86.